The molecule has 0 aromatic heterocycles. The molecule has 0 N–H and O–H groups in total. The van der Waals surface area contributed by atoms with Crippen molar-refractivity contribution in [2.45, 2.75) is 40.0 Å². The zero-order valence-corrected chi connectivity index (χ0v) is 26.1. The fourth-order valence-electron chi connectivity index (χ4n) is 5.95. The molecule has 8 aromatic carbocycles. The molecule has 0 bridgehead atoms. The highest BCUT2D eigenvalue weighted by molar-refractivity contribution is 6.07. The standard InChI is InChI=1S/2C16H14.C12H12/c1-2-12-7-10-16-14(11-12)9-8-13-5-3-4-6-15(13)16;1-2-12-7-8-15-10-13-5-3-4-6-14(13)11-16(15)9-12;1-2-10-7-8-11-5-3-4-6-12(11)9-10/h2*3-11H,2H2,1H3;3-9H,2H2,1H3. The van der Waals surface area contributed by atoms with Crippen molar-refractivity contribution in [1.29, 1.82) is 0 Å². The summed E-state index contributed by atoms with van der Waals surface area (Å²) in [5.41, 5.74) is 4.22. The Labute approximate surface area is 261 Å². The van der Waals surface area contributed by atoms with Crippen molar-refractivity contribution < 1.29 is 0 Å². The fourth-order valence-corrected chi connectivity index (χ4v) is 5.95. The van der Waals surface area contributed by atoms with E-state index in [1.807, 2.05) is 0 Å². The van der Waals surface area contributed by atoms with E-state index in [0.717, 1.165) is 19.3 Å². The van der Waals surface area contributed by atoms with E-state index >= 15 is 0 Å². The quantitative estimate of drug-likeness (QED) is 0.147. The Balaban J connectivity index is 0.000000118. The highest BCUT2D eigenvalue weighted by atomic mass is 14.1. The van der Waals surface area contributed by atoms with Gasteiger partial charge in [-0.15, -0.1) is 0 Å². The normalized spacial score (nSPS) is 10.9. The molecule has 8 rings (SSSR count). The molecule has 0 aliphatic heterocycles. The van der Waals surface area contributed by atoms with Crippen molar-refractivity contribution in [2.75, 3.05) is 0 Å². The van der Waals surface area contributed by atoms with E-state index in [2.05, 4.69) is 172 Å². The van der Waals surface area contributed by atoms with Crippen LogP contribution in [0.5, 0.6) is 0 Å². The zero-order chi connectivity index (χ0) is 30.3. The van der Waals surface area contributed by atoms with E-state index in [-0.39, 0.29) is 0 Å². The molecule has 0 heterocycles. The minimum Gasteiger partial charge on any atom is -0.0616 e. The molecule has 216 valence electrons. The van der Waals surface area contributed by atoms with Crippen LogP contribution in [0.1, 0.15) is 37.5 Å². The highest BCUT2D eigenvalue weighted by Crippen LogP contribution is 2.26. The van der Waals surface area contributed by atoms with Crippen molar-refractivity contribution in [3.63, 3.8) is 0 Å². The first-order valence-corrected chi connectivity index (χ1v) is 15.9. The molecule has 0 aliphatic carbocycles. The summed E-state index contributed by atoms with van der Waals surface area (Å²) in [5.74, 6) is 0. The minimum atomic E-state index is 1.10. The number of benzene rings is 8. The molecular weight excluding hydrogens is 528 g/mol. The third-order valence-corrected chi connectivity index (χ3v) is 8.62. The fraction of sp³-hybridized carbons (Fsp3) is 0.136. The van der Waals surface area contributed by atoms with Gasteiger partial charge in [-0.2, -0.15) is 0 Å². The summed E-state index contributed by atoms with van der Waals surface area (Å²) in [7, 11) is 0. The Morgan fingerprint density at radius 1 is 0.273 bits per heavy atom. The minimum absolute atomic E-state index is 1.10. The van der Waals surface area contributed by atoms with Gasteiger partial charge in [0.15, 0.2) is 0 Å². The summed E-state index contributed by atoms with van der Waals surface area (Å²) >= 11 is 0. The van der Waals surface area contributed by atoms with Gasteiger partial charge in [-0.1, -0.05) is 160 Å². The average Bonchev–Trinajstić information content (AvgIpc) is 3.10. The topological polar surface area (TPSA) is 0 Å². The van der Waals surface area contributed by atoms with Gasteiger partial charge < -0.3 is 0 Å². The molecule has 0 nitrogen and oxygen atoms in total. The monoisotopic (exact) mass is 568 g/mol. The summed E-state index contributed by atoms with van der Waals surface area (Å²) in [4.78, 5) is 0. The van der Waals surface area contributed by atoms with Gasteiger partial charge in [-0.3, -0.25) is 0 Å². The average molecular weight is 569 g/mol. The third kappa shape index (κ3) is 6.51. The van der Waals surface area contributed by atoms with Crippen LogP contribution in [0.2, 0.25) is 0 Å². The van der Waals surface area contributed by atoms with Gasteiger partial charge in [0, 0.05) is 0 Å². The van der Waals surface area contributed by atoms with E-state index < -0.39 is 0 Å². The van der Waals surface area contributed by atoms with Crippen molar-refractivity contribution in [1.82, 2.24) is 0 Å². The maximum Gasteiger partial charge on any atom is -0.0105 e. The summed E-state index contributed by atoms with van der Waals surface area (Å²) in [6.07, 6.45) is 3.32. The van der Waals surface area contributed by atoms with Crippen LogP contribution < -0.4 is 0 Å². The molecule has 0 saturated heterocycles. The maximum absolute atomic E-state index is 2.29. The van der Waals surface area contributed by atoms with Crippen molar-refractivity contribution >= 4 is 53.9 Å². The number of fused-ring (bicyclic) bond motifs is 6. The molecule has 0 heteroatoms. The smallest absolute Gasteiger partial charge is 0.0105 e. The van der Waals surface area contributed by atoms with Crippen LogP contribution in [0.15, 0.2) is 152 Å². The number of hydrogen-bond donors (Lipinski definition) is 0. The van der Waals surface area contributed by atoms with E-state index in [4.69, 9.17) is 0 Å². The van der Waals surface area contributed by atoms with Crippen molar-refractivity contribution in [3.8, 4) is 0 Å². The lowest BCUT2D eigenvalue weighted by Crippen LogP contribution is -1.81. The van der Waals surface area contributed by atoms with Crippen LogP contribution in [0.3, 0.4) is 0 Å². The second-order valence-electron chi connectivity index (χ2n) is 11.5. The molecule has 44 heavy (non-hydrogen) atoms. The molecule has 0 saturated carbocycles. The Morgan fingerprint density at radius 2 is 0.636 bits per heavy atom. The third-order valence-electron chi connectivity index (χ3n) is 8.62. The molecule has 0 amide bonds. The molecule has 8 aromatic rings. The largest absolute Gasteiger partial charge is 0.0616 e. The lowest BCUT2D eigenvalue weighted by molar-refractivity contribution is 1.15. The Hall–Kier alpha value is -4.94. The van der Waals surface area contributed by atoms with Crippen LogP contribution in [0.25, 0.3) is 53.9 Å². The molecule has 0 aliphatic rings. The molecule has 0 unspecified atom stereocenters. The summed E-state index contributed by atoms with van der Waals surface area (Å²) in [6.45, 7) is 6.58. The Kier molecular flexibility index (Phi) is 8.99. The van der Waals surface area contributed by atoms with Gasteiger partial charge in [-0.05, 0) is 102 Å². The lowest BCUT2D eigenvalue weighted by Gasteiger charge is -2.05. The first-order valence-electron chi connectivity index (χ1n) is 15.9. The van der Waals surface area contributed by atoms with Crippen LogP contribution in [-0.4, -0.2) is 0 Å². The predicted molar refractivity (Wildman–Crippen MR) is 195 cm³/mol. The van der Waals surface area contributed by atoms with Crippen LogP contribution in [-0.2, 0) is 19.3 Å². The van der Waals surface area contributed by atoms with Crippen LogP contribution >= 0.6 is 0 Å². The van der Waals surface area contributed by atoms with Gasteiger partial charge in [0.25, 0.3) is 0 Å². The predicted octanol–water partition coefficient (Wildman–Crippen LogP) is 12.5. The number of hydrogen-bond acceptors (Lipinski definition) is 0. The van der Waals surface area contributed by atoms with Crippen LogP contribution in [0, 0.1) is 0 Å². The summed E-state index contributed by atoms with van der Waals surface area (Å²) in [5, 5.41) is 13.4. The van der Waals surface area contributed by atoms with E-state index in [0.29, 0.717) is 0 Å². The molecule has 0 fully saturated rings. The van der Waals surface area contributed by atoms with Gasteiger partial charge in [0.05, 0.1) is 0 Å². The summed E-state index contributed by atoms with van der Waals surface area (Å²) in [6, 6.07) is 54.7. The molecule has 0 atom stereocenters. The van der Waals surface area contributed by atoms with E-state index in [1.165, 1.54) is 70.6 Å². The number of aryl methyl sites for hydroxylation is 3. The van der Waals surface area contributed by atoms with E-state index in [1.54, 1.807) is 0 Å². The molecule has 0 spiro atoms. The van der Waals surface area contributed by atoms with E-state index in [9.17, 15) is 0 Å². The maximum atomic E-state index is 2.29. The molecular formula is C44H40. The SMILES string of the molecule is CCc1ccc2c(ccc3ccccc32)c1.CCc1ccc2cc3ccccc3cc2c1.CCc1ccc2ccccc2c1. The van der Waals surface area contributed by atoms with Gasteiger partial charge in [-0.25, -0.2) is 0 Å². The Bertz CT molecular complexity index is 2170. The first kappa shape index (κ1) is 29.1. The first-order chi connectivity index (χ1) is 21.6. The second kappa shape index (κ2) is 13.6. The highest BCUT2D eigenvalue weighted by Gasteiger charge is 2.01. The summed E-state index contributed by atoms with van der Waals surface area (Å²) < 4.78 is 0. The lowest BCUT2D eigenvalue weighted by atomic mass is 10.00. The zero-order valence-electron chi connectivity index (χ0n) is 26.1. The van der Waals surface area contributed by atoms with Gasteiger partial charge in [0.1, 0.15) is 0 Å². The Morgan fingerprint density at radius 3 is 1.27 bits per heavy atom. The van der Waals surface area contributed by atoms with Crippen molar-refractivity contribution in [2.24, 2.45) is 0 Å². The van der Waals surface area contributed by atoms with Gasteiger partial charge >= 0.3 is 0 Å². The van der Waals surface area contributed by atoms with Crippen LogP contribution in [0.4, 0.5) is 0 Å². The number of rotatable bonds is 3. The molecule has 0 radical (unpaired) electrons. The van der Waals surface area contributed by atoms with Crippen molar-refractivity contribution in [3.05, 3.63) is 168 Å². The second-order valence-corrected chi connectivity index (χ2v) is 11.5. The van der Waals surface area contributed by atoms with Gasteiger partial charge in [0.2, 0.25) is 0 Å².